The molecule has 6 heteroatoms. The summed E-state index contributed by atoms with van der Waals surface area (Å²) in [5.74, 6) is -0.379. The minimum absolute atomic E-state index is 0.0414. The Morgan fingerprint density at radius 3 is 2.62 bits per heavy atom. The molecule has 21 heavy (non-hydrogen) atoms. The Labute approximate surface area is 125 Å². The number of amides is 1. The van der Waals surface area contributed by atoms with Gasteiger partial charge < -0.3 is 10.4 Å². The molecule has 0 aliphatic heterocycles. The molecular formula is C15H16N2O3S. The molecule has 0 saturated heterocycles. The predicted octanol–water partition coefficient (Wildman–Crippen LogP) is 1.64. The van der Waals surface area contributed by atoms with Crippen molar-refractivity contribution in [3.63, 3.8) is 0 Å². The lowest BCUT2D eigenvalue weighted by molar-refractivity contribution is 0.0932. The van der Waals surface area contributed by atoms with Gasteiger partial charge in [0.2, 0.25) is 0 Å². The Morgan fingerprint density at radius 2 is 2.00 bits per heavy atom. The quantitative estimate of drug-likeness (QED) is 0.880. The van der Waals surface area contributed by atoms with Crippen LogP contribution in [-0.4, -0.2) is 32.2 Å². The van der Waals surface area contributed by atoms with Crippen molar-refractivity contribution in [3.8, 4) is 5.75 Å². The van der Waals surface area contributed by atoms with Crippen molar-refractivity contribution in [1.82, 2.24) is 10.3 Å². The minimum Gasteiger partial charge on any atom is -0.505 e. The number of nitrogens with zero attached hydrogens (tertiary/aromatic N) is 1. The zero-order chi connectivity index (χ0) is 15.2. The van der Waals surface area contributed by atoms with Gasteiger partial charge in [-0.2, -0.15) is 0 Å². The number of aromatic hydroxyl groups is 1. The van der Waals surface area contributed by atoms with Crippen LogP contribution in [0.2, 0.25) is 0 Å². The highest BCUT2D eigenvalue weighted by atomic mass is 32.2. The number of rotatable bonds is 5. The number of benzene rings is 1. The second-order valence-corrected chi connectivity index (χ2v) is 6.03. The van der Waals surface area contributed by atoms with Crippen LogP contribution in [0.4, 0.5) is 0 Å². The number of hydrogen-bond donors (Lipinski definition) is 2. The first-order chi connectivity index (χ1) is 10.1. The number of pyridine rings is 1. The molecule has 0 spiro atoms. The van der Waals surface area contributed by atoms with E-state index in [1.807, 2.05) is 30.3 Å². The first-order valence-corrected chi connectivity index (χ1v) is 8.10. The van der Waals surface area contributed by atoms with Crippen LogP contribution in [0.15, 0.2) is 48.7 Å². The van der Waals surface area contributed by atoms with Gasteiger partial charge >= 0.3 is 0 Å². The van der Waals surface area contributed by atoms with E-state index in [4.69, 9.17) is 0 Å². The lowest BCUT2D eigenvalue weighted by Crippen LogP contribution is -2.32. The molecule has 1 amide bonds. The van der Waals surface area contributed by atoms with Crippen LogP contribution >= 0.6 is 0 Å². The van der Waals surface area contributed by atoms with Crippen LogP contribution in [0.5, 0.6) is 5.75 Å². The maximum atomic E-state index is 12.2. The Kier molecular flexibility index (Phi) is 5.05. The molecule has 1 aromatic heterocycles. The molecule has 1 aromatic carbocycles. The van der Waals surface area contributed by atoms with E-state index >= 15 is 0 Å². The van der Waals surface area contributed by atoms with E-state index in [1.54, 1.807) is 12.3 Å². The van der Waals surface area contributed by atoms with Crippen LogP contribution < -0.4 is 5.32 Å². The van der Waals surface area contributed by atoms with Crippen LogP contribution in [0, 0.1) is 0 Å². The zero-order valence-electron chi connectivity index (χ0n) is 11.5. The predicted molar refractivity (Wildman–Crippen MR) is 81.5 cm³/mol. The third kappa shape index (κ3) is 4.13. The fraction of sp³-hybridized carbons (Fsp3) is 0.200. The average Bonchev–Trinajstić information content (AvgIpc) is 2.47. The van der Waals surface area contributed by atoms with E-state index in [1.165, 1.54) is 12.3 Å². The number of carbonyl (C=O) groups excluding carboxylic acids is 1. The molecule has 5 nitrogen and oxygen atoms in total. The molecule has 2 N–H and O–H groups in total. The van der Waals surface area contributed by atoms with Gasteiger partial charge in [-0.05, 0) is 17.7 Å². The number of aromatic nitrogens is 1. The van der Waals surface area contributed by atoms with Crippen molar-refractivity contribution in [3.05, 3.63) is 59.9 Å². The van der Waals surface area contributed by atoms with Crippen molar-refractivity contribution >= 4 is 16.7 Å². The Hall–Kier alpha value is -2.21. The fourth-order valence-electron chi connectivity index (χ4n) is 1.94. The highest BCUT2D eigenvalue weighted by Crippen LogP contribution is 2.17. The van der Waals surface area contributed by atoms with Gasteiger partial charge in [-0.15, -0.1) is 0 Å². The largest absolute Gasteiger partial charge is 0.505 e. The molecule has 2 rings (SSSR count). The smallest absolute Gasteiger partial charge is 0.274 e. The lowest BCUT2D eigenvalue weighted by Gasteiger charge is -2.18. The first kappa shape index (κ1) is 15.2. The van der Waals surface area contributed by atoms with Gasteiger partial charge in [-0.1, -0.05) is 30.3 Å². The van der Waals surface area contributed by atoms with E-state index in [0.717, 1.165) is 5.56 Å². The molecular weight excluding hydrogens is 288 g/mol. The molecule has 2 aromatic rings. The number of nitrogens with one attached hydrogen (secondary N) is 1. The van der Waals surface area contributed by atoms with E-state index in [0.29, 0.717) is 5.75 Å². The van der Waals surface area contributed by atoms with Gasteiger partial charge in [0.25, 0.3) is 5.91 Å². The normalized spacial score (nSPS) is 13.4. The van der Waals surface area contributed by atoms with Gasteiger partial charge in [0.15, 0.2) is 5.69 Å². The van der Waals surface area contributed by atoms with Crippen LogP contribution in [0.25, 0.3) is 0 Å². The topological polar surface area (TPSA) is 79.3 Å². The third-order valence-corrected chi connectivity index (χ3v) is 3.71. The molecule has 1 heterocycles. The second-order valence-electron chi connectivity index (χ2n) is 4.55. The molecule has 0 aliphatic carbocycles. The highest BCUT2D eigenvalue weighted by molar-refractivity contribution is 7.84. The summed E-state index contributed by atoms with van der Waals surface area (Å²) in [4.78, 5) is 16.1. The lowest BCUT2D eigenvalue weighted by atomic mass is 10.1. The fourth-order valence-corrected chi connectivity index (χ4v) is 2.68. The van der Waals surface area contributed by atoms with Crippen molar-refractivity contribution in [2.75, 3.05) is 12.0 Å². The minimum atomic E-state index is -1.07. The van der Waals surface area contributed by atoms with Gasteiger partial charge in [-0.25, -0.2) is 4.98 Å². The van der Waals surface area contributed by atoms with E-state index in [2.05, 4.69) is 10.3 Å². The number of hydrogen-bond acceptors (Lipinski definition) is 4. The van der Waals surface area contributed by atoms with Crippen molar-refractivity contribution < 1.29 is 14.1 Å². The van der Waals surface area contributed by atoms with E-state index in [-0.39, 0.29) is 11.4 Å². The summed E-state index contributed by atoms with van der Waals surface area (Å²) < 4.78 is 11.5. The van der Waals surface area contributed by atoms with Crippen LogP contribution in [0.3, 0.4) is 0 Å². The summed E-state index contributed by atoms with van der Waals surface area (Å²) >= 11 is 0. The molecule has 110 valence electrons. The average molecular weight is 304 g/mol. The SMILES string of the molecule is C[S@@](=O)C[C@H](NC(=O)c1ncccc1O)c1ccccc1. The van der Waals surface area contributed by atoms with Gasteiger partial charge in [0.05, 0.1) is 6.04 Å². The molecule has 0 unspecified atom stereocenters. The van der Waals surface area contributed by atoms with Gasteiger partial charge in [0.1, 0.15) is 5.75 Å². The Morgan fingerprint density at radius 1 is 1.29 bits per heavy atom. The van der Waals surface area contributed by atoms with Crippen LogP contribution in [0.1, 0.15) is 22.1 Å². The van der Waals surface area contributed by atoms with Crippen molar-refractivity contribution in [1.29, 1.82) is 0 Å². The maximum Gasteiger partial charge on any atom is 0.274 e. The summed E-state index contributed by atoms with van der Waals surface area (Å²) in [5.41, 5.74) is 0.816. The standard InChI is InChI=1S/C15H16N2O3S/c1-21(20)10-12(11-6-3-2-4-7-11)17-15(19)14-13(18)8-5-9-16-14/h2-9,12,18H,10H2,1H3,(H,17,19)/t12-,21+/m0/s1. The summed E-state index contributed by atoms with van der Waals surface area (Å²) in [6.07, 6.45) is 3.02. The van der Waals surface area contributed by atoms with Crippen LogP contribution in [-0.2, 0) is 10.8 Å². The molecule has 0 radical (unpaired) electrons. The Balaban J connectivity index is 2.21. The molecule has 2 atom stereocenters. The maximum absolute atomic E-state index is 12.2. The monoisotopic (exact) mass is 304 g/mol. The third-order valence-electron chi connectivity index (χ3n) is 2.91. The van der Waals surface area contributed by atoms with Crippen molar-refractivity contribution in [2.24, 2.45) is 0 Å². The van der Waals surface area contributed by atoms with E-state index in [9.17, 15) is 14.1 Å². The molecule has 0 saturated carbocycles. The number of carbonyl (C=O) groups is 1. The molecule has 0 fully saturated rings. The first-order valence-electron chi connectivity index (χ1n) is 6.37. The summed E-state index contributed by atoms with van der Waals surface area (Å²) in [6.45, 7) is 0. The Bertz CT molecular complexity index is 646. The summed E-state index contributed by atoms with van der Waals surface area (Å²) in [5, 5.41) is 12.4. The molecule has 0 bridgehead atoms. The summed E-state index contributed by atoms with van der Waals surface area (Å²) in [7, 11) is -1.07. The molecule has 0 aliphatic rings. The van der Waals surface area contributed by atoms with Gasteiger partial charge in [0, 0.05) is 29.0 Å². The highest BCUT2D eigenvalue weighted by Gasteiger charge is 2.19. The summed E-state index contributed by atoms with van der Waals surface area (Å²) in [6, 6.07) is 11.8. The van der Waals surface area contributed by atoms with Gasteiger partial charge in [-0.3, -0.25) is 9.00 Å². The zero-order valence-corrected chi connectivity index (χ0v) is 12.3. The van der Waals surface area contributed by atoms with E-state index < -0.39 is 22.7 Å². The van der Waals surface area contributed by atoms with Crippen molar-refractivity contribution in [2.45, 2.75) is 6.04 Å². The second kappa shape index (κ2) is 6.99.